The Morgan fingerprint density at radius 1 is 1.43 bits per heavy atom. The number of aryl methyl sites for hydroxylation is 1. The third-order valence-corrected chi connectivity index (χ3v) is 2.13. The Bertz CT molecular complexity index is 464. The van der Waals surface area contributed by atoms with Gasteiger partial charge in [0, 0.05) is 5.69 Å². The maximum Gasteiger partial charge on any atom is 0.147 e. The number of nitrogen functional groups attached to an aromatic ring is 1. The predicted octanol–water partition coefficient (Wildman–Crippen LogP) is 1.81. The zero-order valence-corrected chi connectivity index (χ0v) is 8.36. The van der Waals surface area contributed by atoms with E-state index in [1.54, 1.807) is 23.1 Å². The van der Waals surface area contributed by atoms with Crippen molar-refractivity contribution in [3.05, 3.63) is 35.4 Å². The van der Waals surface area contributed by atoms with Gasteiger partial charge in [-0.2, -0.15) is 5.10 Å². The molecule has 0 radical (unpaired) electrons. The predicted molar refractivity (Wildman–Crippen MR) is 55.5 cm³/mol. The van der Waals surface area contributed by atoms with Crippen molar-refractivity contribution >= 4 is 17.3 Å². The smallest absolute Gasteiger partial charge is 0.147 e. The van der Waals surface area contributed by atoms with Crippen LogP contribution in [-0.2, 0) is 0 Å². The Morgan fingerprint density at radius 3 is 2.79 bits per heavy atom. The van der Waals surface area contributed by atoms with Gasteiger partial charge in [-0.05, 0) is 25.1 Å². The third-order valence-electron chi connectivity index (χ3n) is 1.82. The Morgan fingerprint density at radius 2 is 2.21 bits per heavy atom. The fraction of sp³-hybridized carbons (Fsp3) is 0.111. The summed E-state index contributed by atoms with van der Waals surface area (Å²) in [4.78, 5) is 4.02. The van der Waals surface area contributed by atoms with Crippen molar-refractivity contribution in [3.63, 3.8) is 0 Å². The SMILES string of the molecule is Cc1ncn(-c2ccc(N)cc2Cl)n1. The molecule has 14 heavy (non-hydrogen) atoms. The fourth-order valence-electron chi connectivity index (χ4n) is 1.17. The highest BCUT2D eigenvalue weighted by Gasteiger charge is 2.04. The highest BCUT2D eigenvalue weighted by Crippen LogP contribution is 2.21. The molecule has 2 aromatic rings. The van der Waals surface area contributed by atoms with Crippen molar-refractivity contribution < 1.29 is 0 Å². The number of nitrogens with zero attached hydrogens (tertiary/aromatic N) is 3. The summed E-state index contributed by atoms with van der Waals surface area (Å²) in [5.41, 5.74) is 6.99. The Labute approximate surface area is 86.3 Å². The minimum atomic E-state index is 0.565. The summed E-state index contributed by atoms with van der Waals surface area (Å²) in [7, 11) is 0. The van der Waals surface area contributed by atoms with E-state index < -0.39 is 0 Å². The van der Waals surface area contributed by atoms with Gasteiger partial charge in [0.05, 0.1) is 10.7 Å². The van der Waals surface area contributed by atoms with Gasteiger partial charge in [-0.15, -0.1) is 0 Å². The molecule has 5 heteroatoms. The molecule has 0 aliphatic carbocycles. The van der Waals surface area contributed by atoms with Gasteiger partial charge >= 0.3 is 0 Å². The van der Waals surface area contributed by atoms with Crippen molar-refractivity contribution in [2.45, 2.75) is 6.92 Å². The molecule has 0 bridgehead atoms. The lowest BCUT2D eigenvalue weighted by Crippen LogP contribution is -1.96. The maximum absolute atomic E-state index is 6.00. The Kier molecular flexibility index (Phi) is 2.13. The summed E-state index contributed by atoms with van der Waals surface area (Å²) in [6.07, 6.45) is 1.62. The largest absolute Gasteiger partial charge is 0.399 e. The lowest BCUT2D eigenvalue weighted by molar-refractivity contribution is 0.863. The van der Waals surface area contributed by atoms with Gasteiger partial charge in [0.2, 0.25) is 0 Å². The third kappa shape index (κ3) is 1.56. The number of rotatable bonds is 1. The molecule has 2 rings (SSSR count). The molecule has 2 N–H and O–H groups in total. The Balaban J connectivity index is 2.52. The first-order chi connectivity index (χ1) is 6.66. The zero-order chi connectivity index (χ0) is 10.1. The van der Waals surface area contributed by atoms with Crippen molar-refractivity contribution in [3.8, 4) is 5.69 Å². The van der Waals surface area contributed by atoms with Crippen molar-refractivity contribution in [1.82, 2.24) is 14.8 Å². The molecule has 1 heterocycles. The Hall–Kier alpha value is -1.55. The van der Waals surface area contributed by atoms with Crippen LogP contribution in [0, 0.1) is 6.92 Å². The van der Waals surface area contributed by atoms with E-state index in [2.05, 4.69) is 10.1 Å². The first-order valence-corrected chi connectivity index (χ1v) is 4.48. The molecule has 4 nitrogen and oxygen atoms in total. The number of hydrogen-bond donors (Lipinski definition) is 1. The van der Waals surface area contributed by atoms with E-state index in [1.807, 2.05) is 13.0 Å². The second kappa shape index (κ2) is 3.31. The van der Waals surface area contributed by atoms with Crippen LogP contribution in [0.1, 0.15) is 5.82 Å². The van der Waals surface area contributed by atoms with Crippen molar-refractivity contribution in [1.29, 1.82) is 0 Å². The quantitative estimate of drug-likeness (QED) is 0.728. The number of halogens is 1. The molecule has 0 aliphatic heterocycles. The molecule has 0 amide bonds. The molecule has 1 aromatic carbocycles. The average molecular weight is 209 g/mol. The summed E-state index contributed by atoms with van der Waals surface area (Å²) in [5, 5.41) is 4.72. The monoisotopic (exact) mass is 208 g/mol. The van der Waals surface area contributed by atoms with E-state index in [0.29, 0.717) is 16.5 Å². The van der Waals surface area contributed by atoms with E-state index >= 15 is 0 Å². The normalized spacial score (nSPS) is 10.4. The molecular weight excluding hydrogens is 200 g/mol. The molecule has 0 unspecified atom stereocenters. The average Bonchev–Trinajstić information content (AvgIpc) is 2.51. The lowest BCUT2D eigenvalue weighted by atomic mass is 10.3. The zero-order valence-electron chi connectivity index (χ0n) is 7.61. The first kappa shape index (κ1) is 9.02. The number of hydrogen-bond acceptors (Lipinski definition) is 3. The second-order valence-electron chi connectivity index (χ2n) is 2.95. The van der Waals surface area contributed by atoms with Crippen LogP contribution in [0.15, 0.2) is 24.5 Å². The van der Waals surface area contributed by atoms with Crippen LogP contribution in [0.3, 0.4) is 0 Å². The highest BCUT2D eigenvalue weighted by molar-refractivity contribution is 6.32. The molecular formula is C9H9ClN4. The molecule has 1 aromatic heterocycles. The highest BCUT2D eigenvalue weighted by atomic mass is 35.5. The molecule has 0 aliphatic rings. The first-order valence-electron chi connectivity index (χ1n) is 4.10. The van der Waals surface area contributed by atoms with Gasteiger partial charge in [-0.25, -0.2) is 9.67 Å². The van der Waals surface area contributed by atoms with Crippen molar-refractivity contribution in [2.24, 2.45) is 0 Å². The number of benzene rings is 1. The summed E-state index contributed by atoms with van der Waals surface area (Å²) >= 11 is 6.00. The molecule has 72 valence electrons. The fourth-order valence-corrected chi connectivity index (χ4v) is 1.45. The van der Waals surface area contributed by atoms with Crippen LogP contribution in [-0.4, -0.2) is 14.8 Å². The van der Waals surface area contributed by atoms with E-state index in [-0.39, 0.29) is 0 Å². The van der Waals surface area contributed by atoms with Crippen LogP contribution in [0.5, 0.6) is 0 Å². The standard InChI is InChI=1S/C9H9ClN4/c1-6-12-5-14(13-6)9-3-2-7(11)4-8(9)10/h2-5H,11H2,1H3. The number of nitrogens with two attached hydrogens (primary N) is 1. The van der Waals surface area contributed by atoms with Crippen LogP contribution >= 0.6 is 11.6 Å². The number of anilines is 1. The molecule has 0 fully saturated rings. The minimum absolute atomic E-state index is 0.565. The van der Waals surface area contributed by atoms with Gasteiger partial charge in [-0.1, -0.05) is 11.6 Å². The minimum Gasteiger partial charge on any atom is -0.399 e. The van der Waals surface area contributed by atoms with Crippen LogP contribution in [0.2, 0.25) is 5.02 Å². The van der Waals surface area contributed by atoms with E-state index in [4.69, 9.17) is 17.3 Å². The topological polar surface area (TPSA) is 56.7 Å². The summed E-state index contributed by atoms with van der Waals surface area (Å²) < 4.78 is 1.62. The maximum atomic E-state index is 6.00. The van der Waals surface area contributed by atoms with Crippen LogP contribution < -0.4 is 5.73 Å². The second-order valence-corrected chi connectivity index (χ2v) is 3.35. The van der Waals surface area contributed by atoms with Gasteiger partial charge in [0.25, 0.3) is 0 Å². The summed E-state index contributed by atoms with van der Waals surface area (Å²) in [6.45, 7) is 1.82. The molecule has 0 saturated carbocycles. The van der Waals surface area contributed by atoms with E-state index in [1.165, 1.54) is 0 Å². The molecule has 0 saturated heterocycles. The summed E-state index contributed by atoms with van der Waals surface area (Å²) in [6, 6.07) is 5.28. The lowest BCUT2D eigenvalue weighted by Gasteiger charge is -2.03. The van der Waals surface area contributed by atoms with Crippen LogP contribution in [0.4, 0.5) is 5.69 Å². The summed E-state index contributed by atoms with van der Waals surface area (Å²) in [5.74, 6) is 0.706. The van der Waals surface area contributed by atoms with E-state index in [9.17, 15) is 0 Å². The van der Waals surface area contributed by atoms with E-state index in [0.717, 1.165) is 5.69 Å². The van der Waals surface area contributed by atoms with Gasteiger partial charge < -0.3 is 5.73 Å². The molecule has 0 spiro atoms. The van der Waals surface area contributed by atoms with Gasteiger partial charge in [-0.3, -0.25) is 0 Å². The number of aromatic nitrogens is 3. The molecule has 0 atom stereocenters. The van der Waals surface area contributed by atoms with Crippen LogP contribution in [0.25, 0.3) is 5.69 Å². The van der Waals surface area contributed by atoms with Crippen molar-refractivity contribution in [2.75, 3.05) is 5.73 Å². The van der Waals surface area contributed by atoms with Gasteiger partial charge in [0.15, 0.2) is 0 Å². The van der Waals surface area contributed by atoms with Gasteiger partial charge in [0.1, 0.15) is 12.2 Å².